The summed E-state index contributed by atoms with van der Waals surface area (Å²) in [5, 5.41) is 3.25. The molecule has 1 rings (SSSR count). The molecule has 0 saturated heterocycles. The van der Waals surface area contributed by atoms with Gasteiger partial charge in [-0.05, 0) is 25.0 Å². The largest absolute Gasteiger partial charge is 0.416 e. The molecule has 4 heteroatoms. The van der Waals surface area contributed by atoms with E-state index in [1.165, 1.54) is 12.1 Å². The van der Waals surface area contributed by atoms with Crippen molar-refractivity contribution in [3.05, 3.63) is 35.4 Å². The van der Waals surface area contributed by atoms with Gasteiger partial charge in [0.05, 0.1) is 5.56 Å². The van der Waals surface area contributed by atoms with Gasteiger partial charge in [0, 0.05) is 12.6 Å². The van der Waals surface area contributed by atoms with E-state index in [0.717, 1.165) is 25.3 Å². The fraction of sp³-hybridized carbons (Fsp3) is 0.571. The zero-order chi connectivity index (χ0) is 13.6. The maximum Gasteiger partial charge on any atom is 0.416 e. The van der Waals surface area contributed by atoms with Crippen LogP contribution in [0.4, 0.5) is 13.2 Å². The smallest absolute Gasteiger partial charge is 0.310 e. The van der Waals surface area contributed by atoms with Crippen LogP contribution < -0.4 is 5.32 Å². The summed E-state index contributed by atoms with van der Waals surface area (Å²) in [6.45, 7) is 4.66. The third-order valence-electron chi connectivity index (χ3n) is 2.90. The fourth-order valence-corrected chi connectivity index (χ4v) is 1.76. The van der Waals surface area contributed by atoms with Gasteiger partial charge in [0.1, 0.15) is 0 Å². The second-order valence-corrected chi connectivity index (χ2v) is 4.62. The molecule has 1 atom stereocenters. The lowest BCUT2D eigenvalue weighted by molar-refractivity contribution is -0.137. The number of benzene rings is 1. The number of alkyl halides is 3. The van der Waals surface area contributed by atoms with Crippen molar-refractivity contribution in [2.45, 2.75) is 51.9 Å². The molecule has 1 aromatic carbocycles. The van der Waals surface area contributed by atoms with Crippen LogP contribution in [0.5, 0.6) is 0 Å². The van der Waals surface area contributed by atoms with Crippen molar-refractivity contribution in [2.75, 3.05) is 0 Å². The van der Waals surface area contributed by atoms with Crippen LogP contribution in [0.3, 0.4) is 0 Å². The van der Waals surface area contributed by atoms with Crippen LogP contribution in [0.25, 0.3) is 0 Å². The predicted molar refractivity (Wildman–Crippen MR) is 67.3 cm³/mol. The third kappa shape index (κ3) is 5.08. The van der Waals surface area contributed by atoms with Gasteiger partial charge >= 0.3 is 6.18 Å². The predicted octanol–water partition coefficient (Wildman–Crippen LogP) is 4.37. The van der Waals surface area contributed by atoms with Crippen molar-refractivity contribution >= 4 is 0 Å². The molecular formula is C14H20F3N. The molecule has 1 nitrogen and oxygen atoms in total. The molecule has 18 heavy (non-hydrogen) atoms. The highest BCUT2D eigenvalue weighted by Crippen LogP contribution is 2.29. The maximum atomic E-state index is 12.5. The Hall–Kier alpha value is -1.03. The molecule has 1 aromatic rings. The Balaban J connectivity index is 2.52. The lowest BCUT2D eigenvalue weighted by Gasteiger charge is -2.14. The van der Waals surface area contributed by atoms with E-state index in [4.69, 9.17) is 0 Å². The normalized spacial score (nSPS) is 13.6. The van der Waals surface area contributed by atoms with Crippen molar-refractivity contribution in [3.63, 3.8) is 0 Å². The average Bonchev–Trinajstić information content (AvgIpc) is 2.33. The fourth-order valence-electron chi connectivity index (χ4n) is 1.76. The van der Waals surface area contributed by atoms with E-state index in [2.05, 4.69) is 19.2 Å². The minimum absolute atomic E-state index is 0.333. The first kappa shape index (κ1) is 15.0. The Labute approximate surface area is 106 Å². The van der Waals surface area contributed by atoms with Gasteiger partial charge in [-0.3, -0.25) is 0 Å². The van der Waals surface area contributed by atoms with Gasteiger partial charge in [-0.2, -0.15) is 13.2 Å². The first-order valence-electron chi connectivity index (χ1n) is 6.33. The zero-order valence-corrected chi connectivity index (χ0v) is 10.8. The van der Waals surface area contributed by atoms with Gasteiger partial charge in [-0.1, -0.05) is 38.0 Å². The van der Waals surface area contributed by atoms with Crippen LogP contribution in [0.2, 0.25) is 0 Å². The second kappa shape index (κ2) is 6.78. The highest BCUT2D eigenvalue weighted by molar-refractivity contribution is 5.25. The lowest BCUT2D eigenvalue weighted by Crippen LogP contribution is -2.25. The number of nitrogens with one attached hydrogen (secondary N) is 1. The van der Waals surface area contributed by atoms with E-state index < -0.39 is 11.7 Å². The summed E-state index contributed by atoms with van der Waals surface area (Å²) in [4.78, 5) is 0. The Morgan fingerprint density at radius 1 is 1.28 bits per heavy atom. The highest BCUT2D eigenvalue weighted by Gasteiger charge is 2.30. The third-order valence-corrected chi connectivity index (χ3v) is 2.90. The second-order valence-electron chi connectivity index (χ2n) is 4.62. The highest BCUT2D eigenvalue weighted by atomic mass is 19.4. The van der Waals surface area contributed by atoms with E-state index >= 15 is 0 Å². The van der Waals surface area contributed by atoms with Crippen LogP contribution in [0, 0.1) is 0 Å². The molecule has 0 aliphatic rings. The molecule has 0 aromatic heterocycles. The summed E-state index contributed by atoms with van der Waals surface area (Å²) in [6.07, 6.45) is -0.939. The topological polar surface area (TPSA) is 12.0 Å². The van der Waals surface area contributed by atoms with E-state index in [9.17, 15) is 13.2 Å². The number of hydrogen-bond donors (Lipinski definition) is 1. The molecular weight excluding hydrogens is 239 g/mol. The van der Waals surface area contributed by atoms with Crippen molar-refractivity contribution in [1.29, 1.82) is 0 Å². The molecule has 0 amide bonds. The van der Waals surface area contributed by atoms with E-state index in [1.807, 2.05) is 0 Å². The summed E-state index contributed by atoms with van der Waals surface area (Å²) in [5.41, 5.74) is 0.0937. The summed E-state index contributed by atoms with van der Waals surface area (Å²) < 4.78 is 37.5. The summed E-state index contributed by atoms with van der Waals surface area (Å²) in [6, 6.07) is 5.81. The quantitative estimate of drug-likeness (QED) is 0.799. The molecule has 0 heterocycles. The lowest BCUT2D eigenvalue weighted by atomic mass is 10.1. The maximum absolute atomic E-state index is 12.5. The molecule has 0 saturated carbocycles. The molecule has 0 aliphatic heterocycles. The number of hydrogen-bond acceptors (Lipinski definition) is 1. The van der Waals surface area contributed by atoms with Crippen molar-refractivity contribution in [2.24, 2.45) is 0 Å². The Morgan fingerprint density at radius 3 is 2.61 bits per heavy atom. The van der Waals surface area contributed by atoms with Crippen molar-refractivity contribution in [3.8, 4) is 0 Å². The van der Waals surface area contributed by atoms with Gasteiger partial charge in [-0.25, -0.2) is 0 Å². The van der Waals surface area contributed by atoms with E-state index in [-0.39, 0.29) is 0 Å². The van der Waals surface area contributed by atoms with E-state index in [0.29, 0.717) is 18.2 Å². The molecule has 1 N–H and O–H groups in total. The first-order valence-corrected chi connectivity index (χ1v) is 6.33. The van der Waals surface area contributed by atoms with Crippen molar-refractivity contribution in [1.82, 2.24) is 5.32 Å². The van der Waals surface area contributed by atoms with Crippen LogP contribution >= 0.6 is 0 Å². The van der Waals surface area contributed by atoms with Gasteiger partial charge in [0.2, 0.25) is 0 Å². The van der Waals surface area contributed by atoms with Gasteiger partial charge in [0.15, 0.2) is 0 Å². The van der Waals surface area contributed by atoms with Crippen LogP contribution in [-0.4, -0.2) is 6.04 Å². The molecule has 0 spiro atoms. The molecule has 102 valence electrons. The monoisotopic (exact) mass is 259 g/mol. The summed E-state index contributed by atoms with van der Waals surface area (Å²) in [5.74, 6) is 0. The number of rotatable bonds is 6. The SMILES string of the molecule is CCCCC(C)NCc1cccc(C(F)(F)F)c1. The Kier molecular flexibility index (Phi) is 5.66. The standard InChI is InChI=1S/C14H20F3N/c1-3-4-6-11(2)18-10-12-7-5-8-13(9-12)14(15,16)17/h5,7-9,11,18H,3-4,6,10H2,1-2H3. The first-order chi connectivity index (χ1) is 8.43. The summed E-state index contributed by atoms with van der Waals surface area (Å²) >= 11 is 0. The Morgan fingerprint density at radius 2 is 2.00 bits per heavy atom. The number of unbranched alkanes of at least 4 members (excludes halogenated alkanes) is 1. The van der Waals surface area contributed by atoms with Gasteiger partial charge < -0.3 is 5.32 Å². The molecule has 0 bridgehead atoms. The van der Waals surface area contributed by atoms with Gasteiger partial charge in [0.25, 0.3) is 0 Å². The van der Waals surface area contributed by atoms with Gasteiger partial charge in [-0.15, -0.1) is 0 Å². The summed E-state index contributed by atoms with van der Waals surface area (Å²) in [7, 11) is 0. The van der Waals surface area contributed by atoms with Crippen LogP contribution in [0.1, 0.15) is 44.2 Å². The minimum atomic E-state index is -4.26. The number of halogens is 3. The Bertz CT molecular complexity index is 360. The van der Waals surface area contributed by atoms with Crippen molar-refractivity contribution < 1.29 is 13.2 Å². The minimum Gasteiger partial charge on any atom is -0.310 e. The molecule has 0 fully saturated rings. The average molecular weight is 259 g/mol. The van der Waals surface area contributed by atoms with E-state index in [1.54, 1.807) is 6.07 Å². The van der Waals surface area contributed by atoms with Crippen LogP contribution in [0.15, 0.2) is 24.3 Å². The zero-order valence-electron chi connectivity index (χ0n) is 10.8. The molecule has 0 radical (unpaired) electrons. The molecule has 1 unspecified atom stereocenters. The van der Waals surface area contributed by atoms with Crippen LogP contribution in [-0.2, 0) is 12.7 Å². The molecule has 0 aliphatic carbocycles.